The van der Waals surface area contributed by atoms with E-state index in [1.165, 1.54) is 12.1 Å². The van der Waals surface area contributed by atoms with Crippen molar-refractivity contribution < 1.29 is 4.39 Å². The standard InChI is InChI=1S/C13H9Cl2FN2S/c14-10-3-2-8(6-11(10)15)18-12-4-1-7(16)5-9(12)13(17)19/h1-6,18H,(H2,17,19). The van der Waals surface area contributed by atoms with Crippen LogP contribution in [0, 0.1) is 5.82 Å². The Morgan fingerprint density at radius 3 is 2.47 bits per heavy atom. The highest BCUT2D eigenvalue weighted by atomic mass is 35.5. The maximum Gasteiger partial charge on any atom is 0.124 e. The van der Waals surface area contributed by atoms with Gasteiger partial charge in [-0.1, -0.05) is 35.4 Å². The molecule has 0 spiro atoms. The molecular weight excluding hydrogens is 306 g/mol. The lowest BCUT2D eigenvalue weighted by atomic mass is 10.1. The molecule has 2 nitrogen and oxygen atoms in total. The third-order valence-electron chi connectivity index (χ3n) is 2.45. The third-order valence-corrected chi connectivity index (χ3v) is 3.40. The van der Waals surface area contributed by atoms with E-state index in [0.29, 0.717) is 27.0 Å². The fourth-order valence-corrected chi connectivity index (χ4v) is 2.03. The van der Waals surface area contributed by atoms with E-state index in [9.17, 15) is 4.39 Å². The van der Waals surface area contributed by atoms with E-state index in [-0.39, 0.29) is 4.99 Å². The molecule has 0 aromatic heterocycles. The average Bonchev–Trinajstić information content (AvgIpc) is 2.36. The van der Waals surface area contributed by atoms with E-state index in [1.807, 2.05) is 0 Å². The Balaban J connectivity index is 2.37. The smallest absolute Gasteiger partial charge is 0.124 e. The summed E-state index contributed by atoms with van der Waals surface area (Å²) in [6.07, 6.45) is 0. The molecule has 0 aliphatic carbocycles. The Labute approximate surface area is 125 Å². The summed E-state index contributed by atoms with van der Waals surface area (Å²) in [5.41, 5.74) is 7.31. The Kier molecular flexibility index (Phi) is 4.24. The zero-order valence-corrected chi connectivity index (χ0v) is 11.9. The van der Waals surface area contributed by atoms with Crippen LogP contribution in [0.3, 0.4) is 0 Å². The number of halogens is 3. The van der Waals surface area contributed by atoms with Gasteiger partial charge in [0.2, 0.25) is 0 Å². The lowest BCUT2D eigenvalue weighted by Gasteiger charge is -2.12. The van der Waals surface area contributed by atoms with Gasteiger partial charge in [-0.3, -0.25) is 0 Å². The Morgan fingerprint density at radius 1 is 1.11 bits per heavy atom. The molecular formula is C13H9Cl2FN2S. The van der Waals surface area contributed by atoms with Gasteiger partial charge < -0.3 is 11.1 Å². The van der Waals surface area contributed by atoms with Crippen molar-refractivity contribution in [2.45, 2.75) is 0 Å². The van der Waals surface area contributed by atoms with Gasteiger partial charge in [0.15, 0.2) is 0 Å². The average molecular weight is 315 g/mol. The molecule has 0 saturated heterocycles. The van der Waals surface area contributed by atoms with Gasteiger partial charge >= 0.3 is 0 Å². The summed E-state index contributed by atoms with van der Waals surface area (Å²) in [6, 6.07) is 9.24. The Bertz CT molecular complexity index is 647. The first-order valence-electron chi connectivity index (χ1n) is 5.29. The summed E-state index contributed by atoms with van der Waals surface area (Å²) in [5.74, 6) is -0.400. The van der Waals surface area contributed by atoms with E-state index in [4.69, 9.17) is 41.2 Å². The van der Waals surface area contributed by atoms with Crippen molar-refractivity contribution in [3.05, 3.63) is 57.8 Å². The van der Waals surface area contributed by atoms with Crippen molar-refractivity contribution in [1.82, 2.24) is 0 Å². The highest BCUT2D eigenvalue weighted by molar-refractivity contribution is 7.80. The van der Waals surface area contributed by atoms with Crippen LogP contribution in [0.5, 0.6) is 0 Å². The van der Waals surface area contributed by atoms with E-state index >= 15 is 0 Å². The minimum absolute atomic E-state index is 0.113. The van der Waals surface area contributed by atoms with E-state index in [0.717, 1.165) is 0 Å². The summed E-state index contributed by atoms with van der Waals surface area (Å²) >= 11 is 16.7. The Hall–Kier alpha value is -1.36. The summed E-state index contributed by atoms with van der Waals surface area (Å²) < 4.78 is 13.2. The van der Waals surface area contributed by atoms with E-state index < -0.39 is 5.82 Å². The van der Waals surface area contributed by atoms with Gasteiger partial charge in [0.05, 0.1) is 10.0 Å². The molecule has 0 aliphatic heterocycles. The van der Waals surface area contributed by atoms with Gasteiger partial charge in [-0.05, 0) is 36.4 Å². The van der Waals surface area contributed by atoms with Gasteiger partial charge in [0, 0.05) is 16.9 Å². The third kappa shape index (κ3) is 3.35. The fraction of sp³-hybridized carbons (Fsp3) is 0. The predicted molar refractivity (Wildman–Crippen MR) is 82.0 cm³/mol. The molecule has 0 amide bonds. The van der Waals surface area contributed by atoms with Crippen LogP contribution in [-0.4, -0.2) is 4.99 Å². The van der Waals surface area contributed by atoms with Gasteiger partial charge in [-0.15, -0.1) is 0 Å². The van der Waals surface area contributed by atoms with Crippen LogP contribution in [0.15, 0.2) is 36.4 Å². The molecule has 0 heterocycles. The second-order valence-electron chi connectivity index (χ2n) is 3.81. The van der Waals surface area contributed by atoms with Crippen molar-refractivity contribution in [3.63, 3.8) is 0 Å². The molecule has 2 rings (SSSR count). The molecule has 0 fully saturated rings. The first-order chi connectivity index (χ1) is 8.97. The number of hydrogen-bond acceptors (Lipinski definition) is 2. The number of rotatable bonds is 3. The highest BCUT2D eigenvalue weighted by Crippen LogP contribution is 2.28. The molecule has 0 radical (unpaired) electrons. The molecule has 2 aromatic carbocycles. The van der Waals surface area contributed by atoms with Gasteiger partial charge in [0.25, 0.3) is 0 Å². The monoisotopic (exact) mass is 314 g/mol. The molecule has 0 saturated carbocycles. The quantitative estimate of drug-likeness (QED) is 0.819. The normalized spacial score (nSPS) is 10.3. The molecule has 19 heavy (non-hydrogen) atoms. The van der Waals surface area contributed by atoms with Crippen LogP contribution in [0.25, 0.3) is 0 Å². The number of nitrogens with two attached hydrogens (primary N) is 1. The summed E-state index contributed by atoms with van der Waals surface area (Å²) in [7, 11) is 0. The number of hydrogen-bond donors (Lipinski definition) is 2. The molecule has 0 bridgehead atoms. The molecule has 3 N–H and O–H groups in total. The van der Waals surface area contributed by atoms with Crippen molar-refractivity contribution in [1.29, 1.82) is 0 Å². The molecule has 6 heteroatoms. The topological polar surface area (TPSA) is 38.0 Å². The predicted octanol–water partition coefficient (Wildman–Crippen LogP) is 4.51. The zero-order valence-electron chi connectivity index (χ0n) is 9.58. The minimum atomic E-state index is -0.400. The van der Waals surface area contributed by atoms with E-state index in [2.05, 4.69) is 5.32 Å². The lowest BCUT2D eigenvalue weighted by molar-refractivity contribution is 0.628. The van der Waals surface area contributed by atoms with Crippen molar-refractivity contribution in [2.24, 2.45) is 5.73 Å². The molecule has 0 aliphatic rings. The van der Waals surface area contributed by atoms with Gasteiger partial charge in [-0.2, -0.15) is 0 Å². The summed E-state index contributed by atoms with van der Waals surface area (Å²) in [6.45, 7) is 0. The Morgan fingerprint density at radius 2 is 1.84 bits per heavy atom. The zero-order chi connectivity index (χ0) is 14.0. The molecule has 0 unspecified atom stereocenters. The first kappa shape index (κ1) is 14.1. The van der Waals surface area contributed by atoms with Gasteiger partial charge in [-0.25, -0.2) is 4.39 Å². The number of nitrogens with one attached hydrogen (secondary N) is 1. The second kappa shape index (κ2) is 5.74. The van der Waals surface area contributed by atoms with Crippen LogP contribution in [0.1, 0.15) is 5.56 Å². The van der Waals surface area contributed by atoms with E-state index in [1.54, 1.807) is 24.3 Å². The lowest BCUT2D eigenvalue weighted by Crippen LogP contribution is -2.12. The fourth-order valence-electron chi connectivity index (χ4n) is 1.56. The van der Waals surface area contributed by atoms with Crippen molar-refractivity contribution in [2.75, 3.05) is 5.32 Å². The first-order valence-corrected chi connectivity index (χ1v) is 6.45. The minimum Gasteiger partial charge on any atom is -0.389 e. The second-order valence-corrected chi connectivity index (χ2v) is 5.06. The largest absolute Gasteiger partial charge is 0.389 e. The van der Waals surface area contributed by atoms with Crippen LogP contribution in [-0.2, 0) is 0 Å². The molecule has 2 aromatic rings. The maximum atomic E-state index is 13.2. The maximum absolute atomic E-state index is 13.2. The number of benzene rings is 2. The van der Waals surface area contributed by atoms with Crippen LogP contribution in [0.4, 0.5) is 15.8 Å². The SMILES string of the molecule is NC(=S)c1cc(F)ccc1Nc1ccc(Cl)c(Cl)c1. The summed E-state index contributed by atoms with van der Waals surface area (Å²) in [4.78, 5) is 0.113. The van der Waals surface area contributed by atoms with Gasteiger partial charge in [0.1, 0.15) is 10.8 Å². The van der Waals surface area contributed by atoms with Crippen LogP contribution >= 0.6 is 35.4 Å². The highest BCUT2D eigenvalue weighted by Gasteiger charge is 2.08. The van der Waals surface area contributed by atoms with Crippen LogP contribution < -0.4 is 11.1 Å². The summed E-state index contributed by atoms with van der Waals surface area (Å²) in [5, 5.41) is 3.95. The molecule has 0 atom stereocenters. The van der Waals surface area contributed by atoms with Crippen molar-refractivity contribution in [3.8, 4) is 0 Å². The number of anilines is 2. The number of thiocarbonyl (C=S) groups is 1. The molecule has 98 valence electrons. The van der Waals surface area contributed by atoms with Crippen molar-refractivity contribution >= 4 is 51.8 Å². The van der Waals surface area contributed by atoms with Crippen LogP contribution in [0.2, 0.25) is 10.0 Å².